The minimum absolute atomic E-state index is 0.0540. The maximum Gasteiger partial charge on any atom is 0.211 e. The summed E-state index contributed by atoms with van der Waals surface area (Å²) in [5.74, 6) is 0.00914. The molecular formula is C14H23BFOS. The molecule has 1 aromatic carbocycles. The van der Waals surface area contributed by atoms with E-state index < -0.39 is 10.3 Å². The molecule has 1 nitrogen and oxygen atoms in total. The van der Waals surface area contributed by atoms with Crippen molar-refractivity contribution >= 4 is 22.6 Å². The number of benzene rings is 1. The molecule has 0 saturated heterocycles. The summed E-state index contributed by atoms with van der Waals surface area (Å²) >= 11 is 0. The average Bonchev–Trinajstić information content (AvgIpc) is 2.40. The number of rotatable bonds is 4. The Balaban J connectivity index is 0.00000137. The number of Topliss-reactive ketones (excluding diaryl/α,β-unsaturated/α-hetero) is 1. The van der Waals surface area contributed by atoms with Gasteiger partial charge in [-0.1, -0.05) is 46.7 Å². The van der Waals surface area contributed by atoms with Gasteiger partial charge in [-0.15, -0.1) is 10.3 Å². The summed E-state index contributed by atoms with van der Waals surface area (Å²) in [5.41, 5.74) is 0.603. The zero-order valence-electron chi connectivity index (χ0n) is 12.2. The van der Waals surface area contributed by atoms with Gasteiger partial charge in [0.15, 0.2) is 5.78 Å². The fraction of sp³-hybridized carbons (Fsp3) is 0.500. The van der Waals surface area contributed by atoms with E-state index in [2.05, 4.69) is 0 Å². The number of hydrogen-bond acceptors (Lipinski definition) is 1. The lowest BCUT2D eigenvalue weighted by molar-refractivity contribution is 0.0939. The molecule has 0 aliphatic heterocycles. The van der Waals surface area contributed by atoms with E-state index in [1.807, 2.05) is 27.7 Å². The van der Waals surface area contributed by atoms with Crippen molar-refractivity contribution in [2.45, 2.75) is 39.4 Å². The third-order valence-electron chi connectivity index (χ3n) is 2.55. The standard InChI is InChI=1S/C12H17BFOS.C2H6/c1-9(2)12(15)10-6-5-7-11(8-10)16(4,14)13-3;1-2/h5-9H,1-4H3;1-2H3. The van der Waals surface area contributed by atoms with Crippen LogP contribution in [0.4, 0.5) is 3.89 Å². The molecule has 4 heteroatoms. The smallest absolute Gasteiger partial charge is 0.211 e. The Kier molecular flexibility index (Phi) is 7.30. The highest BCUT2D eigenvalue weighted by molar-refractivity contribution is 8.48. The van der Waals surface area contributed by atoms with Crippen LogP contribution in [-0.2, 0) is 0 Å². The molecule has 1 aromatic rings. The maximum atomic E-state index is 14.1. The minimum Gasteiger partial charge on any atom is -0.294 e. The first-order valence-corrected chi connectivity index (χ1v) is 8.30. The van der Waals surface area contributed by atoms with Crippen molar-refractivity contribution in [1.82, 2.24) is 0 Å². The van der Waals surface area contributed by atoms with E-state index in [0.29, 0.717) is 10.5 Å². The van der Waals surface area contributed by atoms with Crippen molar-refractivity contribution in [2.24, 2.45) is 5.92 Å². The number of carbonyl (C=O) groups is 1. The summed E-state index contributed by atoms with van der Waals surface area (Å²) in [7, 11) is -2.36. The molecule has 18 heavy (non-hydrogen) atoms. The number of ketones is 1. The molecule has 0 bridgehead atoms. The highest BCUT2D eigenvalue weighted by Crippen LogP contribution is 2.52. The average molecular weight is 269 g/mol. The molecule has 101 valence electrons. The van der Waals surface area contributed by atoms with Crippen molar-refractivity contribution in [3.8, 4) is 0 Å². The Morgan fingerprint density at radius 2 is 1.89 bits per heavy atom. The second-order valence-electron chi connectivity index (χ2n) is 4.16. The van der Waals surface area contributed by atoms with E-state index >= 15 is 0 Å². The SMILES string of the molecule is CC.C[B]S(C)(F)c1cccc(C(=O)C(C)C)c1. The van der Waals surface area contributed by atoms with Crippen molar-refractivity contribution < 1.29 is 8.68 Å². The number of carbonyl (C=O) groups excluding carboxylic acids is 1. The second kappa shape index (κ2) is 7.62. The Hall–Kier alpha value is -0.765. The fourth-order valence-electron chi connectivity index (χ4n) is 1.37. The largest absolute Gasteiger partial charge is 0.294 e. The van der Waals surface area contributed by atoms with Crippen molar-refractivity contribution in [3.05, 3.63) is 29.8 Å². The van der Waals surface area contributed by atoms with Crippen LogP contribution in [0.15, 0.2) is 29.2 Å². The zero-order valence-corrected chi connectivity index (χ0v) is 13.0. The molecule has 1 unspecified atom stereocenters. The summed E-state index contributed by atoms with van der Waals surface area (Å²) in [4.78, 5) is 12.4. The van der Waals surface area contributed by atoms with Gasteiger partial charge in [0.2, 0.25) is 6.56 Å². The third kappa shape index (κ3) is 4.49. The van der Waals surface area contributed by atoms with Crippen LogP contribution in [0, 0.1) is 5.92 Å². The quantitative estimate of drug-likeness (QED) is 0.561. The van der Waals surface area contributed by atoms with E-state index in [1.54, 1.807) is 43.9 Å². The lowest BCUT2D eigenvalue weighted by Gasteiger charge is -2.24. The van der Waals surface area contributed by atoms with Gasteiger partial charge < -0.3 is 0 Å². The lowest BCUT2D eigenvalue weighted by atomic mass is 10.0. The summed E-state index contributed by atoms with van der Waals surface area (Å²) in [6, 6.07) is 6.92. The van der Waals surface area contributed by atoms with Gasteiger partial charge in [0.05, 0.1) is 0 Å². The molecule has 0 aliphatic rings. The van der Waals surface area contributed by atoms with Crippen LogP contribution in [0.5, 0.6) is 0 Å². The third-order valence-corrected chi connectivity index (χ3v) is 4.61. The van der Waals surface area contributed by atoms with Crippen molar-refractivity contribution in [2.75, 3.05) is 6.26 Å². The highest BCUT2D eigenvalue weighted by Gasteiger charge is 2.20. The predicted octanol–water partition coefficient (Wildman–Crippen LogP) is 4.90. The van der Waals surface area contributed by atoms with E-state index in [9.17, 15) is 8.68 Å². The molecule has 0 heterocycles. The van der Waals surface area contributed by atoms with Gasteiger partial charge in [-0.05, 0) is 18.4 Å². The molecule has 0 saturated carbocycles. The van der Waals surface area contributed by atoms with Crippen LogP contribution in [0.1, 0.15) is 38.1 Å². The van der Waals surface area contributed by atoms with Crippen molar-refractivity contribution in [3.63, 3.8) is 0 Å². The van der Waals surface area contributed by atoms with Crippen molar-refractivity contribution in [1.29, 1.82) is 0 Å². The Bertz CT molecular complexity index is 391. The van der Waals surface area contributed by atoms with Crippen LogP contribution in [0.2, 0.25) is 6.82 Å². The lowest BCUT2D eigenvalue weighted by Crippen LogP contribution is -2.08. The van der Waals surface area contributed by atoms with E-state index in [1.165, 1.54) is 0 Å². The summed E-state index contributed by atoms with van der Waals surface area (Å²) in [5, 5.41) is 0. The fourth-order valence-corrected chi connectivity index (χ4v) is 2.34. The molecule has 1 radical (unpaired) electrons. The molecule has 0 amide bonds. The van der Waals surface area contributed by atoms with E-state index in [4.69, 9.17) is 0 Å². The van der Waals surface area contributed by atoms with Gasteiger partial charge in [0.1, 0.15) is 0 Å². The van der Waals surface area contributed by atoms with Crippen LogP contribution >= 0.6 is 10.3 Å². The predicted molar refractivity (Wildman–Crippen MR) is 81.5 cm³/mol. The Labute approximate surface area is 113 Å². The topological polar surface area (TPSA) is 17.1 Å². The first-order chi connectivity index (χ1) is 8.38. The van der Waals surface area contributed by atoms with Gasteiger partial charge in [-0.25, -0.2) is 0 Å². The van der Waals surface area contributed by atoms with Gasteiger partial charge in [0.25, 0.3) is 0 Å². The van der Waals surface area contributed by atoms with Crippen LogP contribution in [-0.4, -0.2) is 18.6 Å². The first-order valence-electron chi connectivity index (χ1n) is 6.30. The molecule has 0 N–H and O–H groups in total. The molecule has 1 rings (SSSR count). The molecule has 0 aromatic heterocycles. The van der Waals surface area contributed by atoms with Gasteiger partial charge >= 0.3 is 0 Å². The van der Waals surface area contributed by atoms with Gasteiger partial charge in [0, 0.05) is 16.4 Å². The molecular weight excluding hydrogens is 246 g/mol. The maximum absolute atomic E-state index is 14.1. The summed E-state index contributed by atoms with van der Waals surface area (Å²) in [6.45, 7) is 11.0. The van der Waals surface area contributed by atoms with Gasteiger partial charge in [-0.3, -0.25) is 4.79 Å². The van der Waals surface area contributed by atoms with Gasteiger partial charge in [-0.2, -0.15) is 3.89 Å². The van der Waals surface area contributed by atoms with Crippen LogP contribution < -0.4 is 0 Å². The Morgan fingerprint density at radius 1 is 1.33 bits per heavy atom. The normalized spacial score (nSPS) is 15.1. The number of halogens is 1. The molecule has 0 aliphatic carbocycles. The molecule has 0 fully saturated rings. The van der Waals surface area contributed by atoms with Crippen LogP contribution in [0.25, 0.3) is 0 Å². The highest BCUT2D eigenvalue weighted by atomic mass is 32.3. The zero-order chi connectivity index (χ0) is 14.3. The van der Waals surface area contributed by atoms with E-state index in [-0.39, 0.29) is 11.7 Å². The molecule has 1 atom stereocenters. The second-order valence-corrected chi connectivity index (χ2v) is 6.86. The monoisotopic (exact) mass is 269 g/mol. The van der Waals surface area contributed by atoms with Crippen LogP contribution in [0.3, 0.4) is 0 Å². The number of hydrogen-bond donors (Lipinski definition) is 0. The first kappa shape index (κ1) is 17.2. The van der Waals surface area contributed by atoms with E-state index in [0.717, 1.165) is 0 Å². The summed E-state index contributed by atoms with van der Waals surface area (Å²) in [6.07, 6.45) is 1.58. The molecule has 0 spiro atoms. The summed E-state index contributed by atoms with van der Waals surface area (Å²) < 4.78 is 14.1. The Morgan fingerprint density at radius 3 is 2.33 bits per heavy atom. The minimum atomic E-state index is -2.36.